The monoisotopic (exact) mass is 292 g/mol. The maximum atomic E-state index is 12.4. The molecule has 1 aliphatic rings. The molecular formula is C5H7BrFI. The quantitative estimate of drug-likeness (QED) is 0.475. The van der Waals surface area contributed by atoms with Crippen LogP contribution in [0.5, 0.6) is 0 Å². The van der Waals surface area contributed by atoms with Crippen LogP contribution in [-0.4, -0.2) is 10.6 Å². The van der Waals surface area contributed by atoms with E-state index >= 15 is 0 Å². The zero-order valence-electron chi connectivity index (χ0n) is 4.28. The van der Waals surface area contributed by atoms with Gasteiger partial charge in [0, 0.05) is 0 Å². The molecule has 0 saturated carbocycles. The number of alkyl halides is 2. The molecule has 1 unspecified atom stereocenters. The Morgan fingerprint density at radius 3 is 2.88 bits per heavy atom. The molecule has 1 rings (SSSR count). The van der Waals surface area contributed by atoms with E-state index in [1.165, 1.54) is 0 Å². The Labute approximate surface area is 61.7 Å². The summed E-state index contributed by atoms with van der Waals surface area (Å²) in [7, 11) is 0. The van der Waals surface area contributed by atoms with Crippen molar-refractivity contribution in [3.05, 3.63) is 10.2 Å². The van der Waals surface area contributed by atoms with Gasteiger partial charge in [-0.3, -0.25) is 0 Å². The normalized spacial score (nSPS) is 33.2. The number of allylic oxidation sites excluding steroid dienone is 1. The van der Waals surface area contributed by atoms with Crippen LogP contribution in [0.2, 0.25) is 0 Å². The Morgan fingerprint density at radius 1 is 1.75 bits per heavy atom. The molecule has 0 nitrogen and oxygen atoms in total. The molecular weight excluding hydrogens is 286 g/mol. The van der Waals surface area contributed by atoms with Crippen LogP contribution in [0.25, 0.3) is 0 Å². The second kappa shape index (κ2) is 3.15. The molecule has 0 aromatic carbocycles. The topological polar surface area (TPSA) is 0 Å². The van der Waals surface area contributed by atoms with E-state index in [1.54, 1.807) is 0 Å². The summed E-state index contributed by atoms with van der Waals surface area (Å²) in [5.41, 5.74) is 0. The third-order valence-corrected chi connectivity index (χ3v) is 7.00. The van der Waals surface area contributed by atoms with Gasteiger partial charge in [0.25, 0.3) is 0 Å². The van der Waals surface area contributed by atoms with E-state index in [9.17, 15) is 4.39 Å². The van der Waals surface area contributed by atoms with Crippen LogP contribution in [0.1, 0.15) is 6.42 Å². The van der Waals surface area contributed by atoms with Gasteiger partial charge in [-0.25, -0.2) is 0 Å². The SMILES string of the molecule is FC1CC=CI(Br)C1. The Bertz CT molecular complexity index is 105. The first-order valence-corrected chi connectivity index (χ1v) is 10.0. The van der Waals surface area contributed by atoms with Gasteiger partial charge in [0.2, 0.25) is 0 Å². The van der Waals surface area contributed by atoms with Crippen LogP contribution in [0.4, 0.5) is 4.39 Å². The van der Waals surface area contributed by atoms with Crippen LogP contribution in [0, 0.1) is 0 Å². The molecule has 1 heterocycles. The van der Waals surface area contributed by atoms with Crippen LogP contribution >= 0.6 is 30.3 Å². The van der Waals surface area contributed by atoms with E-state index in [0.717, 1.165) is 4.43 Å². The van der Waals surface area contributed by atoms with Crippen molar-refractivity contribution in [2.24, 2.45) is 0 Å². The van der Waals surface area contributed by atoms with E-state index in [-0.39, 0.29) is 0 Å². The van der Waals surface area contributed by atoms with Crippen molar-refractivity contribution in [2.75, 3.05) is 4.43 Å². The van der Waals surface area contributed by atoms with Crippen molar-refractivity contribution in [1.82, 2.24) is 0 Å². The fraction of sp³-hybridized carbons (Fsp3) is 0.600. The summed E-state index contributed by atoms with van der Waals surface area (Å²) in [5.74, 6) is 0. The van der Waals surface area contributed by atoms with Crippen molar-refractivity contribution < 1.29 is 4.39 Å². The molecule has 1 atom stereocenters. The minimum absolute atomic E-state index is 0.551. The maximum absolute atomic E-state index is 12.4. The van der Waals surface area contributed by atoms with E-state index in [4.69, 9.17) is 0 Å². The zero-order valence-corrected chi connectivity index (χ0v) is 8.02. The molecule has 0 radical (unpaired) electrons. The van der Waals surface area contributed by atoms with Crippen molar-refractivity contribution in [1.29, 1.82) is 0 Å². The van der Waals surface area contributed by atoms with E-state index in [0.29, 0.717) is 6.42 Å². The van der Waals surface area contributed by atoms with Gasteiger partial charge in [0.05, 0.1) is 0 Å². The molecule has 0 aromatic rings. The van der Waals surface area contributed by atoms with E-state index in [2.05, 4.69) is 16.8 Å². The summed E-state index contributed by atoms with van der Waals surface area (Å²) >= 11 is 2.41. The molecule has 48 valence electrons. The average Bonchev–Trinajstić information content (AvgIpc) is 1.64. The van der Waals surface area contributed by atoms with Crippen molar-refractivity contribution in [3.8, 4) is 0 Å². The summed E-state index contributed by atoms with van der Waals surface area (Å²) in [6.07, 6.45) is 2.04. The Hall–Kier alpha value is 0.880. The molecule has 0 amide bonds. The molecule has 0 bridgehead atoms. The van der Waals surface area contributed by atoms with Gasteiger partial charge < -0.3 is 0 Å². The van der Waals surface area contributed by atoms with Gasteiger partial charge in [-0.2, -0.15) is 0 Å². The molecule has 3 heteroatoms. The Morgan fingerprint density at radius 2 is 2.50 bits per heavy atom. The predicted molar refractivity (Wildman–Crippen MR) is 46.5 cm³/mol. The number of hydrogen-bond donors (Lipinski definition) is 0. The molecule has 0 saturated heterocycles. The van der Waals surface area contributed by atoms with Crippen LogP contribution < -0.4 is 0 Å². The molecule has 0 N–H and O–H groups in total. The number of hydrogen-bond acceptors (Lipinski definition) is 0. The fourth-order valence-electron chi connectivity index (χ4n) is 0.570. The standard InChI is InChI=1S/C5H7BrFI/c6-8-3-1-2-5(7)4-8/h1,3,5H,2,4H2. The fourth-order valence-corrected chi connectivity index (χ4v) is 5.71. The summed E-state index contributed by atoms with van der Waals surface area (Å²) in [6, 6.07) is 0. The van der Waals surface area contributed by atoms with Gasteiger partial charge in [-0.1, -0.05) is 0 Å². The summed E-state index contributed by atoms with van der Waals surface area (Å²) in [4.78, 5) is 0. The van der Waals surface area contributed by atoms with Crippen molar-refractivity contribution >= 4 is 30.3 Å². The van der Waals surface area contributed by atoms with Crippen LogP contribution in [0.15, 0.2) is 10.2 Å². The number of rotatable bonds is 0. The first-order chi connectivity index (χ1) is 3.79. The van der Waals surface area contributed by atoms with Gasteiger partial charge in [-0.15, -0.1) is 0 Å². The van der Waals surface area contributed by atoms with Gasteiger partial charge in [-0.05, 0) is 0 Å². The predicted octanol–water partition coefficient (Wildman–Crippen LogP) is 3.06. The molecule has 0 fully saturated rings. The molecule has 0 aliphatic carbocycles. The van der Waals surface area contributed by atoms with Crippen LogP contribution in [-0.2, 0) is 0 Å². The number of halogens is 3. The second-order valence-corrected chi connectivity index (χ2v) is 10.4. The van der Waals surface area contributed by atoms with Gasteiger partial charge in [0.1, 0.15) is 0 Å². The molecule has 0 aromatic heterocycles. The van der Waals surface area contributed by atoms with Crippen LogP contribution in [0.3, 0.4) is 0 Å². The van der Waals surface area contributed by atoms with E-state index in [1.807, 2.05) is 6.08 Å². The third kappa shape index (κ3) is 2.01. The van der Waals surface area contributed by atoms with E-state index < -0.39 is 23.8 Å². The first kappa shape index (κ1) is 6.99. The Kier molecular flexibility index (Phi) is 2.75. The molecule has 1 aliphatic heterocycles. The Balaban J connectivity index is 2.42. The average molecular weight is 293 g/mol. The summed E-state index contributed by atoms with van der Waals surface area (Å²) in [5, 5.41) is 0. The first-order valence-electron chi connectivity index (χ1n) is 2.40. The minimum atomic E-state index is -1.04. The molecule has 8 heavy (non-hydrogen) atoms. The zero-order chi connectivity index (χ0) is 5.98. The third-order valence-electron chi connectivity index (χ3n) is 0.932. The van der Waals surface area contributed by atoms with Crippen molar-refractivity contribution in [2.45, 2.75) is 12.6 Å². The summed E-state index contributed by atoms with van der Waals surface area (Å²) < 4.78 is 15.3. The molecule has 0 spiro atoms. The summed E-state index contributed by atoms with van der Waals surface area (Å²) in [6.45, 7) is 0. The van der Waals surface area contributed by atoms with Gasteiger partial charge in [0.15, 0.2) is 0 Å². The van der Waals surface area contributed by atoms with Crippen molar-refractivity contribution in [3.63, 3.8) is 0 Å². The second-order valence-electron chi connectivity index (χ2n) is 1.69. The van der Waals surface area contributed by atoms with Gasteiger partial charge >= 0.3 is 61.9 Å².